The van der Waals surface area contributed by atoms with Gasteiger partial charge < -0.3 is 4.90 Å². The molecule has 0 fully saturated rings. The summed E-state index contributed by atoms with van der Waals surface area (Å²) in [6.45, 7) is 1.01. The summed E-state index contributed by atoms with van der Waals surface area (Å²) in [7, 11) is 1.83. The number of carbonyl (C=O) groups excluding carboxylic acids is 1. The SMILES string of the molecule is Cn1cc(-c2ccnc3c2C(=O)N(Cc2ccccc2)C3)c(-c2ccc(F)cc2)n1. The number of aryl methyl sites for hydroxylation is 1. The molecule has 148 valence electrons. The highest BCUT2D eigenvalue weighted by Gasteiger charge is 2.32. The molecule has 30 heavy (non-hydrogen) atoms. The molecule has 5 rings (SSSR count). The molecule has 0 unspecified atom stereocenters. The normalized spacial score (nSPS) is 13.0. The van der Waals surface area contributed by atoms with Gasteiger partial charge in [0.2, 0.25) is 0 Å². The summed E-state index contributed by atoms with van der Waals surface area (Å²) in [5.41, 5.74) is 5.59. The van der Waals surface area contributed by atoms with E-state index in [4.69, 9.17) is 0 Å². The molecule has 6 heteroatoms. The zero-order chi connectivity index (χ0) is 20.7. The highest BCUT2D eigenvalue weighted by molar-refractivity contribution is 6.05. The van der Waals surface area contributed by atoms with E-state index in [1.54, 1.807) is 23.0 Å². The standard InChI is InChI=1S/C24H19FN4O/c1-28-14-20(23(27-28)17-7-9-18(25)10-8-17)19-11-12-26-21-15-29(24(30)22(19)21)13-16-5-3-2-4-6-16/h2-12,14H,13,15H2,1H3. The van der Waals surface area contributed by atoms with E-state index in [1.807, 2.05) is 54.5 Å². The molecule has 0 N–H and O–H groups in total. The molecule has 0 saturated carbocycles. The van der Waals surface area contributed by atoms with Crippen LogP contribution in [0.4, 0.5) is 4.39 Å². The van der Waals surface area contributed by atoms with Crippen molar-refractivity contribution in [2.24, 2.45) is 7.05 Å². The first-order valence-electron chi connectivity index (χ1n) is 9.71. The summed E-state index contributed by atoms with van der Waals surface area (Å²) in [6, 6.07) is 18.0. The number of halogens is 1. The lowest BCUT2D eigenvalue weighted by Crippen LogP contribution is -2.23. The second-order valence-corrected chi connectivity index (χ2v) is 7.40. The van der Waals surface area contributed by atoms with E-state index in [0.29, 0.717) is 24.3 Å². The molecule has 0 bridgehead atoms. The van der Waals surface area contributed by atoms with Crippen LogP contribution in [0.3, 0.4) is 0 Å². The van der Waals surface area contributed by atoms with Gasteiger partial charge in [0.05, 0.1) is 17.8 Å². The second kappa shape index (κ2) is 7.22. The van der Waals surface area contributed by atoms with Crippen LogP contribution in [-0.4, -0.2) is 25.6 Å². The Morgan fingerprint density at radius 2 is 1.77 bits per heavy atom. The van der Waals surface area contributed by atoms with Crippen molar-refractivity contribution in [1.82, 2.24) is 19.7 Å². The third kappa shape index (κ3) is 3.16. The van der Waals surface area contributed by atoms with E-state index in [1.165, 1.54) is 12.1 Å². The van der Waals surface area contributed by atoms with Crippen molar-refractivity contribution in [3.8, 4) is 22.4 Å². The fourth-order valence-electron chi connectivity index (χ4n) is 3.94. The van der Waals surface area contributed by atoms with Crippen LogP contribution in [0.5, 0.6) is 0 Å². The molecule has 2 aromatic carbocycles. The minimum atomic E-state index is -0.298. The van der Waals surface area contributed by atoms with Gasteiger partial charge in [0.25, 0.3) is 5.91 Å². The van der Waals surface area contributed by atoms with Gasteiger partial charge in [0, 0.05) is 42.7 Å². The number of aromatic nitrogens is 3. The fraction of sp³-hybridized carbons (Fsp3) is 0.125. The van der Waals surface area contributed by atoms with Gasteiger partial charge in [0.1, 0.15) is 11.5 Å². The minimum Gasteiger partial charge on any atom is -0.328 e. The zero-order valence-electron chi connectivity index (χ0n) is 16.4. The summed E-state index contributed by atoms with van der Waals surface area (Å²) in [6.07, 6.45) is 3.62. The second-order valence-electron chi connectivity index (χ2n) is 7.40. The summed E-state index contributed by atoms with van der Waals surface area (Å²) in [4.78, 5) is 19.6. The molecular weight excluding hydrogens is 379 g/mol. The Balaban J connectivity index is 1.56. The maximum Gasteiger partial charge on any atom is 0.257 e. The Morgan fingerprint density at radius 3 is 2.53 bits per heavy atom. The van der Waals surface area contributed by atoms with Crippen LogP contribution in [0.15, 0.2) is 73.1 Å². The summed E-state index contributed by atoms with van der Waals surface area (Å²) < 4.78 is 15.1. The third-order valence-corrected chi connectivity index (χ3v) is 5.32. The molecule has 0 atom stereocenters. The van der Waals surface area contributed by atoms with Crippen molar-refractivity contribution in [2.45, 2.75) is 13.1 Å². The van der Waals surface area contributed by atoms with Crippen molar-refractivity contribution in [2.75, 3.05) is 0 Å². The highest BCUT2D eigenvalue weighted by Crippen LogP contribution is 2.37. The topological polar surface area (TPSA) is 51.0 Å². The van der Waals surface area contributed by atoms with Crippen LogP contribution in [0.25, 0.3) is 22.4 Å². The molecule has 5 nitrogen and oxygen atoms in total. The average Bonchev–Trinajstić information content (AvgIpc) is 3.29. The van der Waals surface area contributed by atoms with Gasteiger partial charge >= 0.3 is 0 Å². The molecule has 0 saturated heterocycles. The Labute approximate surface area is 173 Å². The molecule has 1 aliphatic heterocycles. The number of carbonyl (C=O) groups is 1. The van der Waals surface area contributed by atoms with Gasteiger partial charge in [-0.2, -0.15) is 5.10 Å². The third-order valence-electron chi connectivity index (χ3n) is 5.32. The predicted octanol–water partition coefficient (Wildman–Crippen LogP) is 4.44. The number of benzene rings is 2. The lowest BCUT2D eigenvalue weighted by molar-refractivity contribution is 0.0767. The summed E-state index contributed by atoms with van der Waals surface area (Å²) >= 11 is 0. The summed E-state index contributed by atoms with van der Waals surface area (Å²) in [5.74, 6) is -0.335. The van der Waals surface area contributed by atoms with Crippen molar-refractivity contribution in [3.63, 3.8) is 0 Å². The van der Waals surface area contributed by atoms with Gasteiger partial charge in [-0.1, -0.05) is 30.3 Å². The Bertz CT molecular complexity index is 1230. The summed E-state index contributed by atoms with van der Waals surface area (Å²) in [5, 5.41) is 4.57. The van der Waals surface area contributed by atoms with Gasteiger partial charge in [-0.05, 0) is 35.9 Å². The van der Waals surface area contributed by atoms with E-state index in [9.17, 15) is 9.18 Å². The number of rotatable bonds is 4. The maximum atomic E-state index is 13.4. The van der Waals surface area contributed by atoms with Crippen LogP contribution in [-0.2, 0) is 20.1 Å². The first-order valence-corrected chi connectivity index (χ1v) is 9.71. The quantitative estimate of drug-likeness (QED) is 0.511. The van der Waals surface area contributed by atoms with Gasteiger partial charge in [-0.25, -0.2) is 4.39 Å². The predicted molar refractivity (Wildman–Crippen MR) is 112 cm³/mol. The van der Waals surface area contributed by atoms with E-state index >= 15 is 0 Å². The largest absolute Gasteiger partial charge is 0.328 e. The highest BCUT2D eigenvalue weighted by atomic mass is 19.1. The molecule has 4 aromatic rings. The average molecular weight is 398 g/mol. The molecule has 0 aliphatic carbocycles. The minimum absolute atomic E-state index is 0.0362. The number of hydrogen-bond donors (Lipinski definition) is 0. The lowest BCUT2D eigenvalue weighted by Gasteiger charge is -2.15. The number of fused-ring (bicyclic) bond motifs is 1. The first kappa shape index (κ1) is 18.2. The van der Waals surface area contributed by atoms with E-state index in [2.05, 4.69) is 10.1 Å². The van der Waals surface area contributed by atoms with Crippen molar-refractivity contribution in [3.05, 3.63) is 95.7 Å². The van der Waals surface area contributed by atoms with Gasteiger partial charge in [-0.3, -0.25) is 14.5 Å². The molecule has 1 aliphatic rings. The Morgan fingerprint density at radius 1 is 1.00 bits per heavy atom. The number of amides is 1. The molecular formula is C24H19FN4O. The Kier molecular flexibility index (Phi) is 4.39. The number of pyridine rings is 1. The monoisotopic (exact) mass is 398 g/mol. The van der Waals surface area contributed by atoms with Crippen LogP contribution in [0.1, 0.15) is 21.6 Å². The number of hydrogen-bond acceptors (Lipinski definition) is 3. The van der Waals surface area contributed by atoms with E-state index in [-0.39, 0.29) is 11.7 Å². The maximum absolute atomic E-state index is 13.4. The van der Waals surface area contributed by atoms with Crippen LogP contribution < -0.4 is 0 Å². The van der Waals surface area contributed by atoms with Crippen molar-refractivity contribution in [1.29, 1.82) is 0 Å². The van der Waals surface area contributed by atoms with E-state index < -0.39 is 0 Å². The molecule has 3 heterocycles. The first-order chi connectivity index (χ1) is 14.6. The van der Waals surface area contributed by atoms with Gasteiger partial charge in [0.15, 0.2) is 0 Å². The molecule has 0 spiro atoms. The smallest absolute Gasteiger partial charge is 0.257 e. The van der Waals surface area contributed by atoms with E-state index in [0.717, 1.165) is 27.9 Å². The lowest BCUT2D eigenvalue weighted by atomic mass is 9.97. The van der Waals surface area contributed by atoms with Gasteiger partial charge in [-0.15, -0.1) is 0 Å². The van der Waals surface area contributed by atoms with Crippen LogP contribution in [0, 0.1) is 5.82 Å². The number of nitrogens with zero attached hydrogens (tertiary/aromatic N) is 4. The fourth-order valence-corrected chi connectivity index (χ4v) is 3.94. The van der Waals surface area contributed by atoms with Crippen LogP contribution in [0.2, 0.25) is 0 Å². The molecule has 1 amide bonds. The van der Waals surface area contributed by atoms with Crippen molar-refractivity contribution < 1.29 is 9.18 Å². The Hall–Kier alpha value is -3.80. The zero-order valence-corrected chi connectivity index (χ0v) is 16.4. The van der Waals surface area contributed by atoms with Crippen molar-refractivity contribution >= 4 is 5.91 Å². The molecule has 0 radical (unpaired) electrons. The molecule has 2 aromatic heterocycles. The van der Waals surface area contributed by atoms with Crippen LogP contribution >= 0.6 is 0 Å².